The highest BCUT2D eigenvalue weighted by atomic mass is 19.1. The lowest BCUT2D eigenvalue weighted by Gasteiger charge is -2.35. The summed E-state index contributed by atoms with van der Waals surface area (Å²) in [4.78, 5) is 6.92. The second-order valence-electron chi connectivity index (χ2n) is 5.84. The van der Waals surface area contributed by atoms with Crippen molar-refractivity contribution in [3.05, 3.63) is 35.1 Å². The van der Waals surface area contributed by atoms with Crippen LogP contribution in [-0.2, 0) is 6.54 Å². The summed E-state index contributed by atoms with van der Waals surface area (Å²) in [5, 5.41) is 8.76. The standard InChI is InChI=1S/C16H23FN4/c1-19(2)5-6-20-7-9-21(10-8-20)13-15-4-3-14(12-18)11-16(15)17/h3-4,11H,5-10,13H2,1-2H3. The van der Waals surface area contributed by atoms with Crippen molar-refractivity contribution >= 4 is 0 Å². The van der Waals surface area contributed by atoms with Crippen LogP contribution in [0.4, 0.5) is 4.39 Å². The zero-order chi connectivity index (χ0) is 15.2. The maximum Gasteiger partial charge on any atom is 0.129 e. The van der Waals surface area contributed by atoms with E-state index in [-0.39, 0.29) is 5.82 Å². The molecule has 1 aromatic rings. The molecule has 1 aromatic carbocycles. The first-order valence-corrected chi connectivity index (χ1v) is 7.36. The quantitative estimate of drug-likeness (QED) is 0.820. The van der Waals surface area contributed by atoms with Crippen LogP contribution >= 0.6 is 0 Å². The Morgan fingerprint density at radius 2 is 1.86 bits per heavy atom. The normalized spacial score (nSPS) is 17.1. The molecule has 0 saturated carbocycles. The molecule has 0 amide bonds. The van der Waals surface area contributed by atoms with Crippen LogP contribution in [0.5, 0.6) is 0 Å². The highest BCUT2D eigenvalue weighted by molar-refractivity contribution is 5.32. The summed E-state index contributed by atoms with van der Waals surface area (Å²) >= 11 is 0. The van der Waals surface area contributed by atoms with Crippen molar-refractivity contribution in [3.63, 3.8) is 0 Å². The Balaban J connectivity index is 1.82. The molecular weight excluding hydrogens is 267 g/mol. The van der Waals surface area contributed by atoms with Gasteiger partial charge in [-0.1, -0.05) is 6.07 Å². The molecule has 0 aromatic heterocycles. The molecule has 0 spiro atoms. The fourth-order valence-corrected chi connectivity index (χ4v) is 2.50. The Morgan fingerprint density at radius 1 is 1.19 bits per heavy atom. The van der Waals surface area contributed by atoms with E-state index >= 15 is 0 Å². The summed E-state index contributed by atoms with van der Waals surface area (Å²) in [7, 11) is 4.17. The van der Waals surface area contributed by atoms with E-state index < -0.39 is 0 Å². The maximum absolute atomic E-state index is 13.9. The molecule has 2 rings (SSSR count). The molecule has 114 valence electrons. The van der Waals surface area contributed by atoms with E-state index in [1.54, 1.807) is 12.1 Å². The van der Waals surface area contributed by atoms with Crippen LogP contribution in [0.15, 0.2) is 18.2 Å². The molecule has 1 saturated heterocycles. The molecular formula is C16H23FN4. The van der Waals surface area contributed by atoms with Gasteiger partial charge in [-0.3, -0.25) is 9.80 Å². The first-order chi connectivity index (χ1) is 10.1. The van der Waals surface area contributed by atoms with Gasteiger partial charge in [0.1, 0.15) is 5.82 Å². The molecule has 0 bridgehead atoms. The number of halogens is 1. The third-order valence-electron chi connectivity index (χ3n) is 3.90. The molecule has 0 radical (unpaired) electrons. The fraction of sp³-hybridized carbons (Fsp3) is 0.562. The van der Waals surface area contributed by atoms with E-state index in [1.165, 1.54) is 6.07 Å². The minimum atomic E-state index is -0.274. The van der Waals surface area contributed by atoms with E-state index in [4.69, 9.17) is 5.26 Å². The second-order valence-corrected chi connectivity index (χ2v) is 5.84. The number of nitrogens with zero attached hydrogens (tertiary/aromatic N) is 4. The number of benzene rings is 1. The van der Waals surface area contributed by atoms with Gasteiger partial charge >= 0.3 is 0 Å². The molecule has 21 heavy (non-hydrogen) atoms. The molecule has 0 N–H and O–H groups in total. The van der Waals surface area contributed by atoms with Gasteiger partial charge in [0.25, 0.3) is 0 Å². The van der Waals surface area contributed by atoms with Gasteiger partial charge in [-0.2, -0.15) is 5.26 Å². The van der Waals surface area contributed by atoms with Crippen LogP contribution in [0.2, 0.25) is 0 Å². The van der Waals surface area contributed by atoms with Crippen molar-refractivity contribution in [1.29, 1.82) is 5.26 Å². The predicted molar refractivity (Wildman–Crippen MR) is 81.4 cm³/mol. The number of hydrogen-bond acceptors (Lipinski definition) is 4. The van der Waals surface area contributed by atoms with Crippen LogP contribution in [0.3, 0.4) is 0 Å². The number of piperazine rings is 1. The number of likely N-dealkylation sites (N-methyl/N-ethyl adjacent to an activating group) is 1. The van der Waals surface area contributed by atoms with E-state index in [0.29, 0.717) is 17.7 Å². The van der Waals surface area contributed by atoms with Crippen molar-refractivity contribution in [2.24, 2.45) is 0 Å². The first kappa shape index (κ1) is 15.9. The summed E-state index contributed by atoms with van der Waals surface area (Å²) in [6.07, 6.45) is 0. The summed E-state index contributed by atoms with van der Waals surface area (Å²) in [6.45, 7) is 6.78. The summed E-state index contributed by atoms with van der Waals surface area (Å²) in [5.41, 5.74) is 1.06. The van der Waals surface area contributed by atoms with Gasteiger partial charge in [0.15, 0.2) is 0 Å². The zero-order valence-corrected chi connectivity index (χ0v) is 12.8. The molecule has 0 atom stereocenters. The zero-order valence-electron chi connectivity index (χ0n) is 12.8. The van der Waals surface area contributed by atoms with Crippen molar-refractivity contribution in [3.8, 4) is 6.07 Å². The van der Waals surface area contributed by atoms with Gasteiger partial charge in [0, 0.05) is 51.4 Å². The highest BCUT2D eigenvalue weighted by Gasteiger charge is 2.18. The van der Waals surface area contributed by atoms with Crippen molar-refractivity contribution in [2.45, 2.75) is 6.54 Å². The van der Waals surface area contributed by atoms with E-state index in [9.17, 15) is 4.39 Å². The molecule has 1 aliphatic rings. The molecule has 5 heteroatoms. The van der Waals surface area contributed by atoms with Gasteiger partial charge in [-0.05, 0) is 26.2 Å². The molecule has 1 fully saturated rings. The van der Waals surface area contributed by atoms with Crippen LogP contribution < -0.4 is 0 Å². The third-order valence-corrected chi connectivity index (χ3v) is 3.90. The summed E-state index contributed by atoms with van der Waals surface area (Å²) in [5.74, 6) is -0.274. The lowest BCUT2D eigenvalue weighted by Crippen LogP contribution is -2.47. The smallest absolute Gasteiger partial charge is 0.129 e. The van der Waals surface area contributed by atoms with Gasteiger partial charge < -0.3 is 4.90 Å². The van der Waals surface area contributed by atoms with E-state index in [0.717, 1.165) is 39.3 Å². The summed E-state index contributed by atoms with van der Waals surface area (Å²) < 4.78 is 13.9. The second kappa shape index (κ2) is 7.51. The SMILES string of the molecule is CN(C)CCN1CCN(Cc2ccc(C#N)cc2F)CC1. The molecule has 4 nitrogen and oxygen atoms in total. The van der Waals surface area contributed by atoms with Crippen molar-refractivity contribution in [1.82, 2.24) is 14.7 Å². The average molecular weight is 290 g/mol. The van der Waals surface area contributed by atoms with Gasteiger partial charge in [-0.15, -0.1) is 0 Å². The number of rotatable bonds is 5. The van der Waals surface area contributed by atoms with Crippen LogP contribution in [0.1, 0.15) is 11.1 Å². The molecule has 0 unspecified atom stereocenters. The molecule has 0 aliphatic carbocycles. The number of nitriles is 1. The Labute approximate surface area is 126 Å². The lowest BCUT2D eigenvalue weighted by molar-refractivity contribution is 0.119. The lowest BCUT2D eigenvalue weighted by atomic mass is 10.1. The topological polar surface area (TPSA) is 33.5 Å². The maximum atomic E-state index is 13.9. The van der Waals surface area contributed by atoms with E-state index in [1.807, 2.05) is 6.07 Å². The van der Waals surface area contributed by atoms with E-state index in [2.05, 4.69) is 28.8 Å². The largest absolute Gasteiger partial charge is 0.308 e. The minimum absolute atomic E-state index is 0.274. The number of hydrogen-bond donors (Lipinski definition) is 0. The third kappa shape index (κ3) is 4.78. The molecule has 1 heterocycles. The van der Waals surface area contributed by atoms with Crippen molar-refractivity contribution in [2.75, 3.05) is 53.4 Å². The van der Waals surface area contributed by atoms with Gasteiger partial charge in [0.05, 0.1) is 11.6 Å². The Hall–Kier alpha value is -1.48. The molecule has 1 aliphatic heterocycles. The Kier molecular flexibility index (Phi) is 5.68. The van der Waals surface area contributed by atoms with Crippen LogP contribution in [0, 0.1) is 17.1 Å². The minimum Gasteiger partial charge on any atom is -0.308 e. The van der Waals surface area contributed by atoms with Gasteiger partial charge in [0.2, 0.25) is 0 Å². The fourth-order valence-electron chi connectivity index (χ4n) is 2.50. The Bertz CT molecular complexity index is 501. The Morgan fingerprint density at radius 3 is 2.43 bits per heavy atom. The highest BCUT2D eigenvalue weighted by Crippen LogP contribution is 2.14. The van der Waals surface area contributed by atoms with Crippen molar-refractivity contribution < 1.29 is 4.39 Å². The summed E-state index contributed by atoms with van der Waals surface area (Å²) in [6, 6.07) is 6.70. The van der Waals surface area contributed by atoms with Gasteiger partial charge in [-0.25, -0.2) is 4.39 Å². The van der Waals surface area contributed by atoms with Crippen LogP contribution in [0.25, 0.3) is 0 Å². The first-order valence-electron chi connectivity index (χ1n) is 7.36. The van der Waals surface area contributed by atoms with Crippen LogP contribution in [-0.4, -0.2) is 68.1 Å². The average Bonchev–Trinajstić information content (AvgIpc) is 2.48. The monoisotopic (exact) mass is 290 g/mol. The predicted octanol–water partition coefficient (Wildman–Crippen LogP) is 1.38.